The maximum absolute atomic E-state index is 14.8. The largest absolute Gasteiger partial charge is 0.459 e. The van der Waals surface area contributed by atoms with E-state index in [2.05, 4.69) is 44.0 Å². The lowest BCUT2D eigenvalue weighted by molar-refractivity contribution is 0.112. The van der Waals surface area contributed by atoms with Gasteiger partial charge in [-0.25, -0.2) is 9.37 Å². The molecule has 2 aromatic heterocycles. The second-order valence-electron chi connectivity index (χ2n) is 7.57. The van der Waals surface area contributed by atoms with Crippen molar-refractivity contribution in [2.45, 2.75) is 45.3 Å². The van der Waals surface area contributed by atoms with Gasteiger partial charge in [0.2, 0.25) is 0 Å². The molecule has 1 saturated heterocycles. The van der Waals surface area contributed by atoms with Crippen LogP contribution in [0.5, 0.6) is 6.01 Å². The van der Waals surface area contributed by atoms with Crippen LogP contribution in [0.25, 0.3) is 10.9 Å². The van der Waals surface area contributed by atoms with E-state index in [1.807, 2.05) is 6.92 Å². The molecule has 2 atom stereocenters. The van der Waals surface area contributed by atoms with E-state index in [-0.39, 0.29) is 22.8 Å². The zero-order valence-corrected chi connectivity index (χ0v) is 17.2. The number of halogens is 2. The number of aromatic nitrogens is 3. The topological polar surface area (TPSA) is 54.4 Å². The SMILES string of the molecule is Cc1nc(Cl)c(F)c2nc(OC(C)C3CCCN3C)nc(N3CC=CCC3)c12. The van der Waals surface area contributed by atoms with Crippen molar-refractivity contribution in [3.05, 3.63) is 28.8 Å². The van der Waals surface area contributed by atoms with Crippen molar-refractivity contribution in [2.75, 3.05) is 31.6 Å². The number of likely N-dealkylation sites (tertiary alicyclic amines) is 1. The van der Waals surface area contributed by atoms with Gasteiger partial charge in [0, 0.05) is 19.1 Å². The van der Waals surface area contributed by atoms with E-state index < -0.39 is 5.82 Å². The summed E-state index contributed by atoms with van der Waals surface area (Å²) < 4.78 is 20.9. The van der Waals surface area contributed by atoms with Crippen LogP contribution >= 0.6 is 11.6 Å². The molecule has 4 rings (SSSR count). The Bertz CT molecular complexity index is 921. The van der Waals surface area contributed by atoms with Gasteiger partial charge >= 0.3 is 6.01 Å². The van der Waals surface area contributed by atoms with Crippen LogP contribution in [0.2, 0.25) is 5.15 Å². The minimum atomic E-state index is -0.631. The van der Waals surface area contributed by atoms with Gasteiger partial charge in [-0.3, -0.25) is 4.90 Å². The van der Waals surface area contributed by atoms with E-state index in [0.29, 0.717) is 29.5 Å². The number of pyridine rings is 1. The second-order valence-corrected chi connectivity index (χ2v) is 7.93. The monoisotopic (exact) mass is 405 g/mol. The fourth-order valence-corrected chi connectivity index (χ4v) is 4.38. The number of nitrogens with zero attached hydrogens (tertiary/aromatic N) is 5. The van der Waals surface area contributed by atoms with Gasteiger partial charge in [-0.05, 0) is 46.7 Å². The standard InChI is InChI=1S/C20H25ClFN5O/c1-12-15-17(16(22)18(21)23-12)24-20(25-19(15)27-10-5-4-6-11-27)28-13(2)14-8-7-9-26(14)3/h4-5,13-14H,6-11H2,1-3H3. The number of aryl methyl sites for hydroxylation is 1. The average molecular weight is 406 g/mol. The highest BCUT2D eigenvalue weighted by Crippen LogP contribution is 2.33. The normalized spacial score (nSPS) is 21.5. The predicted octanol–water partition coefficient (Wildman–Crippen LogP) is 3.75. The van der Waals surface area contributed by atoms with E-state index in [9.17, 15) is 4.39 Å². The van der Waals surface area contributed by atoms with Crippen molar-refractivity contribution in [3.8, 4) is 6.01 Å². The van der Waals surface area contributed by atoms with Crippen LogP contribution in [0, 0.1) is 12.7 Å². The van der Waals surface area contributed by atoms with Gasteiger partial charge in [0.15, 0.2) is 11.0 Å². The van der Waals surface area contributed by atoms with Crippen LogP contribution < -0.4 is 9.64 Å². The molecule has 0 N–H and O–H groups in total. The first-order valence-corrected chi connectivity index (χ1v) is 10.1. The highest BCUT2D eigenvalue weighted by Gasteiger charge is 2.29. The molecule has 0 radical (unpaired) electrons. The summed E-state index contributed by atoms with van der Waals surface area (Å²) in [4.78, 5) is 17.6. The Morgan fingerprint density at radius 2 is 2.07 bits per heavy atom. The summed E-state index contributed by atoms with van der Waals surface area (Å²) in [5.74, 6) is 0.0193. The quantitative estimate of drug-likeness (QED) is 0.570. The third-order valence-corrected chi connectivity index (χ3v) is 5.90. The van der Waals surface area contributed by atoms with E-state index in [0.717, 1.165) is 32.4 Å². The fourth-order valence-electron chi connectivity index (χ4n) is 4.16. The lowest BCUT2D eigenvalue weighted by Crippen LogP contribution is -2.38. The first-order chi connectivity index (χ1) is 13.5. The molecule has 0 spiro atoms. The zero-order chi connectivity index (χ0) is 19.8. The molecule has 0 bridgehead atoms. The van der Waals surface area contributed by atoms with Gasteiger partial charge in [-0.2, -0.15) is 9.97 Å². The van der Waals surface area contributed by atoms with Crippen molar-refractivity contribution in [1.29, 1.82) is 0 Å². The van der Waals surface area contributed by atoms with Crippen LogP contribution in [0.4, 0.5) is 10.2 Å². The molecule has 8 heteroatoms. The number of hydrogen-bond donors (Lipinski definition) is 0. The third kappa shape index (κ3) is 3.53. The van der Waals surface area contributed by atoms with E-state index >= 15 is 0 Å². The van der Waals surface area contributed by atoms with Gasteiger partial charge in [-0.15, -0.1) is 0 Å². The molecule has 150 valence electrons. The van der Waals surface area contributed by atoms with Crippen molar-refractivity contribution >= 4 is 28.3 Å². The molecule has 4 heterocycles. The molecule has 0 aromatic carbocycles. The van der Waals surface area contributed by atoms with Crippen molar-refractivity contribution < 1.29 is 9.13 Å². The van der Waals surface area contributed by atoms with Crippen molar-refractivity contribution in [2.24, 2.45) is 0 Å². The minimum Gasteiger partial charge on any atom is -0.459 e. The molecule has 0 saturated carbocycles. The van der Waals surface area contributed by atoms with Crippen molar-refractivity contribution in [3.63, 3.8) is 0 Å². The molecular weight excluding hydrogens is 381 g/mol. The van der Waals surface area contributed by atoms with Gasteiger partial charge in [0.25, 0.3) is 0 Å². The highest BCUT2D eigenvalue weighted by atomic mass is 35.5. The van der Waals surface area contributed by atoms with Crippen LogP contribution in [0.1, 0.15) is 31.9 Å². The summed E-state index contributed by atoms with van der Waals surface area (Å²) in [5.41, 5.74) is 0.778. The molecule has 2 aliphatic rings. The molecule has 1 fully saturated rings. The molecule has 2 unspecified atom stereocenters. The summed E-state index contributed by atoms with van der Waals surface area (Å²) in [7, 11) is 2.10. The molecule has 2 aliphatic heterocycles. The Balaban J connectivity index is 1.78. The number of rotatable bonds is 4. The summed E-state index contributed by atoms with van der Waals surface area (Å²) in [6.07, 6.45) is 7.25. The van der Waals surface area contributed by atoms with Gasteiger partial charge in [0.1, 0.15) is 17.4 Å². The predicted molar refractivity (Wildman–Crippen MR) is 109 cm³/mol. The Hall–Kier alpha value is -1.99. The first-order valence-electron chi connectivity index (χ1n) is 9.76. The Morgan fingerprint density at radius 3 is 2.75 bits per heavy atom. The summed E-state index contributed by atoms with van der Waals surface area (Å²) in [5, 5.41) is 0.415. The molecule has 0 aliphatic carbocycles. The third-order valence-electron chi connectivity index (χ3n) is 5.65. The molecule has 28 heavy (non-hydrogen) atoms. The lowest BCUT2D eigenvalue weighted by atomic mass is 10.1. The maximum atomic E-state index is 14.8. The first kappa shape index (κ1) is 19.3. The maximum Gasteiger partial charge on any atom is 0.319 e. The smallest absolute Gasteiger partial charge is 0.319 e. The second kappa shape index (κ2) is 7.79. The van der Waals surface area contributed by atoms with E-state index in [1.54, 1.807) is 6.92 Å². The highest BCUT2D eigenvalue weighted by molar-refractivity contribution is 6.30. The van der Waals surface area contributed by atoms with Gasteiger partial charge in [-0.1, -0.05) is 23.8 Å². The summed E-state index contributed by atoms with van der Waals surface area (Å²) in [6, 6.07) is 0.485. The number of likely N-dealkylation sites (N-methyl/N-ethyl adjacent to an activating group) is 1. The number of ether oxygens (including phenoxy) is 1. The van der Waals surface area contributed by atoms with Crippen LogP contribution in [0.3, 0.4) is 0 Å². The van der Waals surface area contributed by atoms with E-state index in [4.69, 9.17) is 16.3 Å². The van der Waals surface area contributed by atoms with Crippen LogP contribution in [0.15, 0.2) is 12.2 Å². The van der Waals surface area contributed by atoms with Crippen LogP contribution in [-0.4, -0.2) is 58.7 Å². The Labute approximate surface area is 169 Å². The Kier molecular flexibility index (Phi) is 5.38. The van der Waals surface area contributed by atoms with Gasteiger partial charge in [0.05, 0.1) is 11.1 Å². The molecule has 6 nitrogen and oxygen atoms in total. The summed E-state index contributed by atoms with van der Waals surface area (Å²) in [6.45, 7) is 6.38. The zero-order valence-electron chi connectivity index (χ0n) is 16.5. The molecule has 0 amide bonds. The fraction of sp³-hybridized carbons (Fsp3) is 0.550. The molecular formula is C20H25ClFN5O. The number of anilines is 1. The number of fused-ring (bicyclic) bond motifs is 1. The van der Waals surface area contributed by atoms with Gasteiger partial charge < -0.3 is 9.64 Å². The Morgan fingerprint density at radius 1 is 1.25 bits per heavy atom. The van der Waals surface area contributed by atoms with E-state index in [1.165, 1.54) is 0 Å². The summed E-state index contributed by atoms with van der Waals surface area (Å²) >= 11 is 5.99. The van der Waals surface area contributed by atoms with Crippen molar-refractivity contribution in [1.82, 2.24) is 19.9 Å². The average Bonchev–Trinajstić information content (AvgIpc) is 3.12. The number of hydrogen-bond acceptors (Lipinski definition) is 6. The lowest BCUT2D eigenvalue weighted by Gasteiger charge is -2.28. The molecule has 2 aromatic rings. The minimum absolute atomic E-state index is 0.0967. The van der Waals surface area contributed by atoms with Crippen LogP contribution in [-0.2, 0) is 0 Å².